The quantitative estimate of drug-likeness (QED) is 0.657. The molecule has 1 saturated heterocycles. The number of hydrogen-bond acceptors (Lipinski definition) is 3. The molecule has 1 aliphatic heterocycles. The molecule has 78 valence electrons. The van der Waals surface area contributed by atoms with Gasteiger partial charge in [-0.05, 0) is 13.8 Å². The minimum Gasteiger partial charge on any atom is -0.389 e. The molecule has 0 aromatic carbocycles. The van der Waals surface area contributed by atoms with Crippen LogP contribution in [-0.2, 0) is 0 Å². The van der Waals surface area contributed by atoms with E-state index in [1.54, 1.807) is 0 Å². The lowest BCUT2D eigenvalue weighted by atomic mass is 10.1. The maximum atomic E-state index is 12.1. The molecule has 3 atom stereocenters. The number of rotatable bonds is 3. The van der Waals surface area contributed by atoms with Crippen LogP contribution in [0.15, 0.2) is 0 Å². The van der Waals surface area contributed by atoms with Crippen LogP contribution in [0.4, 0.5) is 4.39 Å². The molecule has 3 nitrogen and oxygen atoms in total. The first-order valence-corrected chi connectivity index (χ1v) is 4.85. The predicted molar refractivity (Wildman–Crippen MR) is 50.5 cm³/mol. The minimum absolute atomic E-state index is 0.386. The molecule has 2 N–H and O–H groups in total. The number of β-amino-alcohol motifs (C(OH)–C–C–N with tert-alkyl or cyclic N) is 1. The first kappa shape index (κ1) is 10.9. The molecule has 0 aromatic heterocycles. The Kier molecular flexibility index (Phi) is 4.09. The Balaban J connectivity index is 2.37. The van der Waals surface area contributed by atoms with Crippen molar-refractivity contribution in [3.8, 4) is 0 Å². The molecular formula is C9H19FN2O. The van der Waals surface area contributed by atoms with Crippen molar-refractivity contribution in [1.29, 1.82) is 0 Å². The number of piperazine rings is 1. The third-order valence-electron chi connectivity index (χ3n) is 2.52. The van der Waals surface area contributed by atoms with E-state index in [9.17, 15) is 9.50 Å². The van der Waals surface area contributed by atoms with Crippen molar-refractivity contribution < 1.29 is 9.50 Å². The van der Waals surface area contributed by atoms with E-state index in [4.69, 9.17) is 0 Å². The van der Waals surface area contributed by atoms with Crippen LogP contribution in [-0.4, -0.2) is 54.5 Å². The van der Waals surface area contributed by atoms with E-state index >= 15 is 0 Å². The Hall–Kier alpha value is -0.190. The lowest BCUT2D eigenvalue weighted by molar-refractivity contribution is 0.0545. The van der Waals surface area contributed by atoms with Crippen molar-refractivity contribution >= 4 is 0 Å². The molecule has 1 fully saturated rings. The SMILES string of the molecule is CC1CN(CC(O)CF)C(C)CN1. The Bertz CT molecular complexity index is 157. The van der Waals surface area contributed by atoms with Crippen LogP contribution in [0, 0.1) is 0 Å². The van der Waals surface area contributed by atoms with Gasteiger partial charge in [0.1, 0.15) is 6.67 Å². The molecule has 0 aromatic rings. The summed E-state index contributed by atoms with van der Waals surface area (Å²) in [6.45, 7) is 5.79. The minimum atomic E-state index is -0.826. The highest BCUT2D eigenvalue weighted by atomic mass is 19.1. The van der Waals surface area contributed by atoms with E-state index in [0.29, 0.717) is 18.6 Å². The Morgan fingerprint density at radius 2 is 2.31 bits per heavy atom. The van der Waals surface area contributed by atoms with E-state index in [2.05, 4.69) is 24.1 Å². The van der Waals surface area contributed by atoms with Gasteiger partial charge in [0.25, 0.3) is 0 Å². The third kappa shape index (κ3) is 3.21. The molecule has 4 heteroatoms. The highest BCUT2D eigenvalue weighted by molar-refractivity contribution is 4.82. The molecule has 3 unspecified atom stereocenters. The highest BCUT2D eigenvalue weighted by Crippen LogP contribution is 2.07. The second-order valence-electron chi connectivity index (χ2n) is 3.92. The predicted octanol–water partition coefficient (Wildman–Crippen LogP) is -0.00100. The van der Waals surface area contributed by atoms with E-state index < -0.39 is 12.8 Å². The van der Waals surface area contributed by atoms with Crippen LogP contribution in [0.25, 0.3) is 0 Å². The van der Waals surface area contributed by atoms with Gasteiger partial charge in [0, 0.05) is 31.7 Å². The summed E-state index contributed by atoms with van der Waals surface area (Å²) in [5.74, 6) is 0. The maximum Gasteiger partial charge on any atom is 0.117 e. The third-order valence-corrected chi connectivity index (χ3v) is 2.52. The fourth-order valence-corrected chi connectivity index (χ4v) is 1.67. The van der Waals surface area contributed by atoms with Crippen molar-refractivity contribution in [2.24, 2.45) is 0 Å². The number of aliphatic hydroxyl groups excluding tert-OH is 1. The average molecular weight is 190 g/mol. The average Bonchev–Trinajstić information content (AvgIpc) is 2.11. The second-order valence-corrected chi connectivity index (χ2v) is 3.92. The number of alkyl halides is 1. The standard InChI is InChI=1S/C9H19FN2O/c1-7-5-12(6-9(13)3-10)8(2)4-11-7/h7-9,11,13H,3-6H2,1-2H3. The van der Waals surface area contributed by atoms with Crippen LogP contribution < -0.4 is 5.32 Å². The van der Waals surface area contributed by atoms with Crippen LogP contribution in [0.2, 0.25) is 0 Å². The monoisotopic (exact) mass is 190 g/mol. The summed E-state index contributed by atoms with van der Waals surface area (Å²) < 4.78 is 12.1. The van der Waals surface area contributed by atoms with Crippen LogP contribution in [0.5, 0.6) is 0 Å². The van der Waals surface area contributed by atoms with Crippen molar-refractivity contribution in [3.63, 3.8) is 0 Å². The Labute approximate surface area is 78.9 Å². The summed E-state index contributed by atoms with van der Waals surface area (Å²) in [4.78, 5) is 2.13. The van der Waals surface area contributed by atoms with Gasteiger partial charge >= 0.3 is 0 Å². The zero-order valence-electron chi connectivity index (χ0n) is 8.33. The zero-order valence-corrected chi connectivity index (χ0v) is 8.33. The molecule has 0 amide bonds. The smallest absolute Gasteiger partial charge is 0.117 e. The molecule has 1 rings (SSSR count). The molecule has 0 radical (unpaired) electrons. The van der Waals surface area contributed by atoms with Gasteiger partial charge in [0.05, 0.1) is 6.10 Å². The van der Waals surface area contributed by atoms with E-state index in [0.717, 1.165) is 13.1 Å². The summed E-state index contributed by atoms with van der Waals surface area (Å²) in [6.07, 6.45) is -0.826. The fourth-order valence-electron chi connectivity index (χ4n) is 1.67. The van der Waals surface area contributed by atoms with Gasteiger partial charge in [-0.15, -0.1) is 0 Å². The van der Waals surface area contributed by atoms with Gasteiger partial charge in [-0.25, -0.2) is 4.39 Å². The number of hydrogen-bond donors (Lipinski definition) is 2. The van der Waals surface area contributed by atoms with Crippen molar-refractivity contribution in [2.45, 2.75) is 32.0 Å². The Morgan fingerprint density at radius 1 is 1.62 bits per heavy atom. The lowest BCUT2D eigenvalue weighted by Crippen LogP contribution is -2.56. The van der Waals surface area contributed by atoms with E-state index in [1.165, 1.54) is 0 Å². The van der Waals surface area contributed by atoms with Crippen molar-refractivity contribution in [1.82, 2.24) is 10.2 Å². The van der Waals surface area contributed by atoms with Crippen molar-refractivity contribution in [2.75, 3.05) is 26.3 Å². The number of aliphatic hydroxyl groups is 1. The van der Waals surface area contributed by atoms with Crippen molar-refractivity contribution in [3.05, 3.63) is 0 Å². The normalized spacial score (nSPS) is 33.2. The fraction of sp³-hybridized carbons (Fsp3) is 1.00. The van der Waals surface area contributed by atoms with Crippen LogP contribution in [0.3, 0.4) is 0 Å². The number of halogens is 1. The number of nitrogens with one attached hydrogen (secondary N) is 1. The van der Waals surface area contributed by atoms with Gasteiger partial charge in [-0.1, -0.05) is 0 Å². The van der Waals surface area contributed by atoms with E-state index in [-0.39, 0.29) is 0 Å². The highest BCUT2D eigenvalue weighted by Gasteiger charge is 2.23. The molecule has 0 spiro atoms. The summed E-state index contributed by atoms with van der Waals surface area (Å²) >= 11 is 0. The first-order chi connectivity index (χ1) is 6.13. The molecule has 0 saturated carbocycles. The Morgan fingerprint density at radius 3 is 2.92 bits per heavy atom. The molecule has 1 aliphatic rings. The van der Waals surface area contributed by atoms with Gasteiger partial charge in [0.15, 0.2) is 0 Å². The van der Waals surface area contributed by atoms with E-state index in [1.807, 2.05) is 0 Å². The van der Waals surface area contributed by atoms with Gasteiger partial charge in [0.2, 0.25) is 0 Å². The summed E-state index contributed by atoms with van der Waals surface area (Å²) in [7, 11) is 0. The van der Waals surface area contributed by atoms with Crippen LogP contribution >= 0.6 is 0 Å². The number of nitrogens with zero attached hydrogens (tertiary/aromatic N) is 1. The zero-order chi connectivity index (χ0) is 9.84. The molecule has 13 heavy (non-hydrogen) atoms. The largest absolute Gasteiger partial charge is 0.389 e. The first-order valence-electron chi connectivity index (χ1n) is 4.85. The summed E-state index contributed by atoms with van der Waals surface area (Å²) in [6, 6.07) is 0.820. The maximum absolute atomic E-state index is 12.1. The van der Waals surface area contributed by atoms with Gasteiger partial charge in [-0.3, -0.25) is 4.90 Å². The van der Waals surface area contributed by atoms with Crippen LogP contribution in [0.1, 0.15) is 13.8 Å². The topological polar surface area (TPSA) is 35.5 Å². The molecule has 0 aliphatic carbocycles. The molecular weight excluding hydrogens is 171 g/mol. The van der Waals surface area contributed by atoms with Gasteiger partial charge < -0.3 is 10.4 Å². The molecule has 1 heterocycles. The second kappa shape index (κ2) is 4.88. The lowest BCUT2D eigenvalue weighted by Gasteiger charge is -2.38. The summed E-state index contributed by atoms with van der Waals surface area (Å²) in [5, 5.41) is 12.5. The molecule has 0 bridgehead atoms. The van der Waals surface area contributed by atoms with Gasteiger partial charge in [-0.2, -0.15) is 0 Å². The summed E-state index contributed by atoms with van der Waals surface area (Å²) in [5.41, 5.74) is 0.